The molecular weight excluding hydrogens is 356 g/mol. The summed E-state index contributed by atoms with van der Waals surface area (Å²) in [5, 5.41) is 3.11. The quantitative estimate of drug-likeness (QED) is 0.825. The minimum absolute atomic E-state index is 0. The summed E-state index contributed by atoms with van der Waals surface area (Å²) >= 11 is 0. The van der Waals surface area contributed by atoms with Gasteiger partial charge in [0.25, 0.3) is 0 Å². The summed E-state index contributed by atoms with van der Waals surface area (Å²) in [5.41, 5.74) is -0.849. The van der Waals surface area contributed by atoms with Crippen LogP contribution in [0.15, 0.2) is 24.3 Å². The molecule has 1 aromatic carbocycles. The predicted molar refractivity (Wildman–Crippen MR) is 85.1 cm³/mol. The van der Waals surface area contributed by atoms with E-state index in [0.29, 0.717) is 26.2 Å². The third kappa shape index (κ3) is 5.24. The average Bonchev–Trinajstić information content (AvgIpc) is 2.48. The average molecular weight is 375 g/mol. The first-order chi connectivity index (χ1) is 9.95. The van der Waals surface area contributed by atoms with Crippen molar-refractivity contribution < 1.29 is 22.7 Å². The van der Waals surface area contributed by atoms with Gasteiger partial charge in [0.15, 0.2) is 0 Å². The molecule has 1 aliphatic heterocycles. The zero-order valence-electron chi connectivity index (χ0n) is 12.4. The molecule has 1 N–H and O–H groups in total. The van der Waals surface area contributed by atoms with Gasteiger partial charge in [-0.15, -0.1) is 24.8 Å². The first-order valence-corrected chi connectivity index (χ1v) is 6.64. The molecule has 2 rings (SSSR count). The Bertz CT molecular complexity index is 509. The molecule has 0 aromatic heterocycles. The summed E-state index contributed by atoms with van der Waals surface area (Å²) in [7, 11) is 1.19. The van der Waals surface area contributed by atoms with Gasteiger partial charge < -0.3 is 10.1 Å². The number of esters is 1. The van der Waals surface area contributed by atoms with Crippen LogP contribution in [0.4, 0.5) is 13.2 Å². The van der Waals surface area contributed by atoms with Gasteiger partial charge >= 0.3 is 12.1 Å². The molecule has 4 nitrogen and oxygen atoms in total. The van der Waals surface area contributed by atoms with E-state index in [2.05, 4.69) is 5.32 Å². The first-order valence-electron chi connectivity index (χ1n) is 6.64. The Hall–Kier alpha value is -1.02. The number of ether oxygens (including phenoxy) is 1. The van der Waals surface area contributed by atoms with Gasteiger partial charge in [0, 0.05) is 26.2 Å². The van der Waals surface area contributed by atoms with E-state index in [1.807, 2.05) is 0 Å². The topological polar surface area (TPSA) is 41.6 Å². The number of alkyl halides is 3. The molecule has 1 atom stereocenters. The molecular formula is C14H19Cl2F3N2O2. The van der Waals surface area contributed by atoms with Crippen LogP contribution < -0.4 is 5.32 Å². The fourth-order valence-electron chi connectivity index (χ4n) is 2.52. The smallest absolute Gasteiger partial charge is 0.416 e. The lowest BCUT2D eigenvalue weighted by Gasteiger charge is -2.34. The number of benzene rings is 1. The van der Waals surface area contributed by atoms with Crippen LogP contribution in [0.5, 0.6) is 0 Å². The molecule has 1 aliphatic rings. The molecule has 1 unspecified atom stereocenters. The van der Waals surface area contributed by atoms with Gasteiger partial charge in [-0.05, 0) is 11.6 Å². The van der Waals surface area contributed by atoms with E-state index in [0.717, 1.165) is 6.07 Å². The molecule has 0 bridgehead atoms. The van der Waals surface area contributed by atoms with Crippen molar-refractivity contribution in [3.05, 3.63) is 35.4 Å². The van der Waals surface area contributed by atoms with Crippen molar-refractivity contribution in [2.24, 2.45) is 0 Å². The van der Waals surface area contributed by atoms with Gasteiger partial charge in [-0.1, -0.05) is 18.2 Å². The van der Waals surface area contributed by atoms with Crippen LogP contribution in [0.3, 0.4) is 0 Å². The van der Waals surface area contributed by atoms with Gasteiger partial charge in [0.1, 0.15) is 6.04 Å². The third-order valence-corrected chi connectivity index (χ3v) is 3.50. The molecule has 0 spiro atoms. The molecule has 1 fully saturated rings. The summed E-state index contributed by atoms with van der Waals surface area (Å²) in [4.78, 5) is 13.8. The van der Waals surface area contributed by atoms with E-state index in [9.17, 15) is 18.0 Å². The predicted octanol–water partition coefficient (Wildman–Crippen LogP) is 2.67. The number of methoxy groups -OCH3 is 1. The highest BCUT2D eigenvalue weighted by atomic mass is 35.5. The molecule has 9 heteroatoms. The molecule has 0 radical (unpaired) electrons. The molecule has 1 heterocycles. The van der Waals surface area contributed by atoms with Crippen molar-refractivity contribution in [2.45, 2.75) is 12.2 Å². The minimum atomic E-state index is -4.50. The van der Waals surface area contributed by atoms with Gasteiger partial charge in [0.2, 0.25) is 0 Å². The zero-order chi connectivity index (χ0) is 15.5. The molecule has 0 amide bonds. The SMILES string of the molecule is COC(=O)C(c1ccccc1C(F)(F)F)N1CCNCC1.Cl.Cl. The summed E-state index contributed by atoms with van der Waals surface area (Å²) < 4.78 is 44.2. The van der Waals surface area contributed by atoms with E-state index in [1.165, 1.54) is 25.3 Å². The number of halogens is 5. The number of carbonyl (C=O) groups is 1. The van der Waals surface area contributed by atoms with Gasteiger partial charge in [-0.3, -0.25) is 4.90 Å². The standard InChI is InChI=1S/C14H17F3N2O2.2ClH/c1-21-13(20)12(19-8-6-18-7-9-19)10-4-2-3-5-11(10)14(15,16)17;;/h2-5,12,18H,6-9H2,1H3;2*1H. The molecule has 0 aliphatic carbocycles. The second kappa shape index (κ2) is 9.32. The molecule has 132 valence electrons. The number of nitrogens with zero attached hydrogens (tertiary/aromatic N) is 1. The van der Waals surface area contributed by atoms with Gasteiger partial charge in [0.05, 0.1) is 12.7 Å². The normalized spacial score (nSPS) is 16.7. The van der Waals surface area contributed by atoms with Crippen LogP contribution in [0, 0.1) is 0 Å². The Morgan fingerprint density at radius 3 is 2.30 bits per heavy atom. The van der Waals surface area contributed by atoms with Crippen LogP contribution in [0.1, 0.15) is 17.2 Å². The zero-order valence-corrected chi connectivity index (χ0v) is 14.1. The maximum atomic E-state index is 13.2. The van der Waals surface area contributed by atoms with E-state index < -0.39 is 23.8 Å². The van der Waals surface area contributed by atoms with Crippen LogP contribution in [-0.2, 0) is 15.7 Å². The third-order valence-electron chi connectivity index (χ3n) is 3.50. The minimum Gasteiger partial charge on any atom is -0.468 e. The van der Waals surface area contributed by atoms with Crippen LogP contribution >= 0.6 is 24.8 Å². The summed E-state index contributed by atoms with van der Waals surface area (Å²) in [6.07, 6.45) is -4.50. The molecule has 1 saturated heterocycles. The molecule has 1 aromatic rings. The lowest BCUT2D eigenvalue weighted by Crippen LogP contribution is -2.47. The molecule has 0 saturated carbocycles. The lowest BCUT2D eigenvalue weighted by molar-refractivity contribution is -0.149. The highest BCUT2D eigenvalue weighted by molar-refractivity contribution is 5.85. The highest BCUT2D eigenvalue weighted by Gasteiger charge is 2.39. The summed E-state index contributed by atoms with van der Waals surface area (Å²) in [6, 6.07) is 4.12. The van der Waals surface area contributed by atoms with Crippen molar-refractivity contribution in [3.63, 3.8) is 0 Å². The number of hydrogen-bond acceptors (Lipinski definition) is 4. The lowest BCUT2D eigenvalue weighted by atomic mass is 9.98. The Morgan fingerprint density at radius 1 is 1.22 bits per heavy atom. The Labute approximate surface area is 145 Å². The maximum Gasteiger partial charge on any atom is 0.416 e. The number of hydrogen-bond donors (Lipinski definition) is 1. The monoisotopic (exact) mass is 374 g/mol. The number of piperazine rings is 1. The van der Waals surface area contributed by atoms with Gasteiger partial charge in [-0.25, -0.2) is 4.79 Å². The number of carbonyl (C=O) groups excluding carboxylic acids is 1. The highest BCUT2D eigenvalue weighted by Crippen LogP contribution is 2.36. The van der Waals surface area contributed by atoms with Crippen molar-refractivity contribution in [3.8, 4) is 0 Å². The van der Waals surface area contributed by atoms with Crippen LogP contribution in [0.25, 0.3) is 0 Å². The second-order valence-corrected chi connectivity index (χ2v) is 4.80. The Kier molecular flexibility index (Phi) is 8.90. The number of nitrogens with one attached hydrogen (secondary N) is 1. The fraction of sp³-hybridized carbons (Fsp3) is 0.500. The van der Waals surface area contributed by atoms with Gasteiger partial charge in [-0.2, -0.15) is 13.2 Å². The van der Waals surface area contributed by atoms with Crippen molar-refractivity contribution in [1.29, 1.82) is 0 Å². The fourth-order valence-corrected chi connectivity index (χ4v) is 2.52. The summed E-state index contributed by atoms with van der Waals surface area (Å²) in [6.45, 7) is 2.24. The Balaban J connectivity index is 0.00000242. The van der Waals surface area contributed by atoms with E-state index in [1.54, 1.807) is 4.90 Å². The Morgan fingerprint density at radius 2 is 1.78 bits per heavy atom. The van der Waals surface area contributed by atoms with Crippen molar-refractivity contribution in [1.82, 2.24) is 10.2 Å². The van der Waals surface area contributed by atoms with Crippen molar-refractivity contribution >= 4 is 30.8 Å². The van der Waals surface area contributed by atoms with E-state index in [4.69, 9.17) is 4.74 Å². The van der Waals surface area contributed by atoms with Crippen molar-refractivity contribution in [2.75, 3.05) is 33.3 Å². The molecule has 23 heavy (non-hydrogen) atoms. The maximum absolute atomic E-state index is 13.2. The second-order valence-electron chi connectivity index (χ2n) is 4.80. The first kappa shape index (κ1) is 22.0. The number of rotatable bonds is 3. The van der Waals surface area contributed by atoms with E-state index in [-0.39, 0.29) is 30.4 Å². The van der Waals surface area contributed by atoms with E-state index >= 15 is 0 Å². The summed E-state index contributed by atoms with van der Waals surface area (Å²) in [5.74, 6) is -0.673. The van der Waals surface area contributed by atoms with Crippen LogP contribution in [0.2, 0.25) is 0 Å². The largest absolute Gasteiger partial charge is 0.468 e. The van der Waals surface area contributed by atoms with Crippen LogP contribution in [-0.4, -0.2) is 44.2 Å².